The van der Waals surface area contributed by atoms with Crippen LogP contribution in [0.2, 0.25) is 0 Å². The van der Waals surface area contributed by atoms with Crippen LogP contribution in [0.15, 0.2) is 30.6 Å². The Morgan fingerprint density at radius 2 is 1.93 bits per heavy atom. The summed E-state index contributed by atoms with van der Waals surface area (Å²) in [4.78, 5) is 11.0. The molecule has 1 aromatic carbocycles. The molecule has 0 saturated heterocycles. The second-order valence-electron chi connectivity index (χ2n) is 8.42. The number of thiophene rings is 1. The smallest absolute Gasteiger partial charge is 0.340 e. The van der Waals surface area contributed by atoms with E-state index in [1.54, 1.807) is 17.4 Å². The topological polar surface area (TPSA) is 37.8 Å². The Morgan fingerprint density at radius 1 is 1.14 bits per heavy atom. The Hall–Kier alpha value is -2.15. The van der Waals surface area contributed by atoms with Gasteiger partial charge in [0, 0.05) is 10.6 Å². The van der Waals surface area contributed by atoms with Gasteiger partial charge in [0.1, 0.15) is 17.0 Å². The third-order valence-corrected chi connectivity index (χ3v) is 6.69. The zero-order chi connectivity index (χ0) is 20.1. The van der Waals surface area contributed by atoms with Crippen LogP contribution in [0.5, 0.6) is 0 Å². The molecule has 1 atom stereocenters. The molecule has 3 nitrogen and oxygen atoms in total. The highest BCUT2D eigenvalue weighted by Crippen LogP contribution is 2.44. The molecular weight excluding hydrogens is 383 g/mol. The second kappa shape index (κ2) is 6.72. The van der Waals surface area contributed by atoms with Gasteiger partial charge in [-0.3, -0.25) is 0 Å². The lowest BCUT2D eigenvalue weighted by atomic mass is 9.72. The van der Waals surface area contributed by atoms with Crippen LogP contribution >= 0.6 is 11.3 Å². The maximum atomic E-state index is 13.0. The molecule has 1 N–H and O–H groups in total. The summed E-state index contributed by atoms with van der Waals surface area (Å²) in [6.07, 6.45) is 0.161. The molecule has 2 heterocycles. The minimum atomic E-state index is -4.37. The van der Waals surface area contributed by atoms with Crippen LogP contribution < -0.4 is 5.32 Å². The van der Waals surface area contributed by atoms with Crippen LogP contribution in [0.25, 0.3) is 10.2 Å². The monoisotopic (exact) mass is 405 g/mol. The zero-order valence-electron chi connectivity index (χ0n) is 16.0. The Balaban J connectivity index is 1.71. The Bertz CT molecular complexity index is 1020. The van der Waals surface area contributed by atoms with Crippen LogP contribution in [-0.2, 0) is 19.0 Å². The fourth-order valence-electron chi connectivity index (χ4n) is 3.85. The molecule has 1 unspecified atom stereocenters. The van der Waals surface area contributed by atoms with Gasteiger partial charge >= 0.3 is 6.18 Å². The lowest BCUT2D eigenvalue weighted by molar-refractivity contribution is -0.137. The van der Waals surface area contributed by atoms with Crippen molar-refractivity contribution in [2.75, 3.05) is 5.32 Å². The summed E-state index contributed by atoms with van der Waals surface area (Å²) in [6.45, 7) is 6.82. The molecule has 28 heavy (non-hydrogen) atoms. The number of hydrogen-bond acceptors (Lipinski definition) is 4. The molecule has 2 aromatic heterocycles. The number of benzene rings is 1. The maximum absolute atomic E-state index is 13.0. The van der Waals surface area contributed by atoms with Gasteiger partial charge in [-0.2, -0.15) is 13.2 Å². The fourth-order valence-corrected chi connectivity index (χ4v) is 5.12. The maximum Gasteiger partial charge on any atom is 0.416 e. The molecule has 0 fully saturated rings. The van der Waals surface area contributed by atoms with E-state index in [1.165, 1.54) is 22.8 Å². The second-order valence-corrected chi connectivity index (χ2v) is 9.50. The Kier molecular flexibility index (Phi) is 4.61. The van der Waals surface area contributed by atoms with Gasteiger partial charge in [-0.15, -0.1) is 11.3 Å². The number of nitrogens with zero attached hydrogens (tertiary/aromatic N) is 2. The van der Waals surface area contributed by atoms with Crippen LogP contribution in [0.3, 0.4) is 0 Å². The summed E-state index contributed by atoms with van der Waals surface area (Å²) in [5.74, 6) is 1.19. The molecule has 7 heteroatoms. The number of nitrogens with one attached hydrogen (secondary N) is 1. The zero-order valence-corrected chi connectivity index (χ0v) is 16.8. The molecule has 0 radical (unpaired) electrons. The number of anilines is 2. The van der Waals surface area contributed by atoms with Gasteiger partial charge in [-0.1, -0.05) is 26.8 Å². The molecule has 0 aliphatic heterocycles. The average molecular weight is 405 g/mol. The Morgan fingerprint density at radius 3 is 2.64 bits per heavy atom. The number of hydrogen-bond donors (Lipinski definition) is 1. The summed E-state index contributed by atoms with van der Waals surface area (Å²) < 4.78 is 39.0. The van der Waals surface area contributed by atoms with Crippen LogP contribution in [0.1, 0.15) is 43.2 Å². The lowest BCUT2D eigenvalue weighted by Gasteiger charge is -2.33. The van der Waals surface area contributed by atoms with E-state index in [9.17, 15) is 13.2 Å². The first-order chi connectivity index (χ1) is 13.1. The SMILES string of the molecule is CC(C)(C)C1CCc2c(sc3ncnc(Nc4cccc(C(F)(F)F)c4)c23)C1. The van der Waals surface area contributed by atoms with E-state index in [4.69, 9.17) is 0 Å². The van der Waals surface area contributed by atoms with E-state index in [-0.39, 0.29) is 5.41 Å². The van der Waals surface area contributed by atoms with Gasteiger partial charge in [-0.05, 0) is 54.4 Å². The van der Waals surface area contributed by atoms with E-state index >= 15 is 0 Å². The molecule has 4 rings (SSSR count). The van der Waals surface area contributed by atoms with Gasteiger partial charge in [0.05, 0.1) is 10.9 Å². The largest absolute Gasteiger partial charge is 0.416 e. The highest BCUT2D eigenvalue weighted by molar-refractivity contribution is 7.19. The summed E-state index contributed by atoms with van der Waals surface area (Å²) in [7, 11) is 0. The molecule has 0 saturated carbocycles. The van der Waals surface area contributed by atoms with Gasteiger partial charge in [0.15, 0.2) is 0 Å². The highest BCUT2D eigenvalue weighted by atomic mass is 32.1. The first kappa shape index (κ1) is 19.2. The number of fused-ring (bicyclic) bond motifs is 3. The summed E-state index contributed by atoms with van der Waals surface area (Å²) in [5.41, 5.74) is 1.19. The van der Waals surface area contributed by atoms with Gasteiger partial charge in [0.25, 0.3) is 0 Å². The van der Waals surface area contributed by atoms with Crippen molar-refractivity contribution in [2.24, 2.45) is 11.3 Å². The van der Waals surface area contributed by atoms with Crippen LogP contribution in [0, 0.1) is 11.3 Å². The summed E-state index contributed by atoms with van der Waals surface area (Å²) in [5, 5.41) is 4.04. The fraction of sp³-hybridized carbons (Fsp3) is 0.429. The molecule has 148 valence electrons. The van der Waals surface area contributed by atoms with E-state index in [0.29, 0.717) is 17.4 Å². The van der Waals surface area contributed by atoms with E-state index < -0.39 is 11.7 Å². The van der Waals surface area contributed by atoms with Crippen molar-refractivity contribution in [3.63, 3.8) is 0 Å². The van der Waals surface area contributed by atoms with Crippen molar-refractivity contribution in [3.8, 4) is 0 Å². The molecule has 0 amide bonds. The van der Waals surface area contributed by atoms with Gasteiger partial charge < -0.3 is 5.32 Å². The third kappa shape index (κ3) is 3.60. The van der Waals surface area contributed by atoms with Crippen molar-refractivity contribution in [1.29, 1.82) is 0 Å². The van der Waals surface area contributed by atoms with E-state index in [2.05, 4.69) is 36.1 Å². The molecule has 1 aliphatic carbocycles. The van der Waals surface area contributed by atoms with Crippen LogP contribution in [0.4, 0.5) is 24.7 Å². The molecule has 0 spiro atoms. The number of aryl methyl sites for hydroxylation is 1. The first-order valence-corrected chi connectivity index (χ1v) is 10.1. The molecule has 3 aromatic rings. The normalized spacial score (nSPS) is 17.6. The minimum absolute atomic E-state index is 0.249. The lowest BCUT2D eigenvalue weighted by Crippen LogP contribution is -2.26. The quantitative estimate of drug-likeness (QED) is 0.522. The average Bonchev–Trinajstić information content (AvgIpc) is 2.99. The molecule has 0 bridgehead atoms. The van der Waals surface area contributed by atoms with Crippen molar-refractivity contribution in [2.45, 2.75) is 46.2 Å². The predicted molar refractivity (Wildman–Crippen MR) is 107 cm³/mol. The number of alkyl halides is 3. The van der Waals surface area contributed by atoms with Crippen molar-refractivity contribution in [3.05, 3.63) is 46.6 Å². The molecular formula is C21H22F3N3S. The summed E-state index contributed by atoms with van der Waals surface area (Å²) in [6, 6.07) is 5.21. The first-order valence-electron chi connectivity index (χ1n) is 9.32. The standard InChI is InChI=1S/C21H22F3N3S/c1-20(2,3)12-7-8-15-16(10-12)28-19-17(15)18(25-11-26-19)27-14-6-4-5-13(9-14)21(22,23)24/h4-6,9,11-12H,7-8,10H2,1-3H3,(H,25,26,27). The van der Waals surface area contributed by atoms with Crippen LogP contribution in [-0.4, -0.2) is 9.97 Å². The van der Waals surface area contributed by atoms with E-state index in [1.807, 2.05) is 0 Å². The van der Waals surface area contributed by atoms with Gasteiger partial charge in [-0.25, -0.2) is 9.97 Å². The number of aromatic nitrogens is 2. The minimum Gasteiger partial charge on any atom is -0.340 e. The predicted octanol–water partition coefficient (Wildman–Crippen LogP) is 6.60. The van der Waals surface area contributed by atoms with Crippen molar-refractivity contribution in [1.82, 2.24) is 9.97 Å². The highest BCUT2D eigenvalue weighted by Gasteiger charge is 2.32. The Labute approximate surface area is 166 Å². The number of halogens is 3. The van der Waals surface area contributed by atoms with Gasteiger partial charge in [0.2, 0.25) is 0 Å². The van der Waals surface area contributed by atoms with Crippen molar-refractivity contribution >= 4 is 33.1 Å². The third-order valence-electron chi connectivity index (χ3n) is 5.52. The van der Waals surface area contributed by atoms with E-state index in [0.717, 1.165) is 41.6 Å². The van der Waals surface area contributed by atoms with Crippen molar-refractivity contribution < 1.29 is 13.2 Å². The molecule has 1 aliphatic rings. The number of rotatable bonds is 2. The summed E-state index contributed by atoms with van der Waals surface area (Å²) >= 11 is 1.68.